The topological polar surface area (TPSA) is 12.0 Å². The number of nitrogens with one attached hydrogen (secondary N) is 1. The van der Waals surface area contributed by atoms with Gasteiger partial charge in [0, 0.05) is 17.0 Å². The molecule has 0 saturated heterocycles. The number of rotatable bonds is 3. The summed E-state index contributed by atoms with van der Waals surface area (Å²) in [5, 5.41) is 3.85. The molecule has 1 aromatic carbocycles. The maximum absolute atomic E-state index is 13.6. The van der Waals surface area contributed by atoms with Crippen molar-refractivity contribution in [3.05, 3.63) is 29.6 Å². The lowest BCUT2D eigenvalue weighted by Gasteiger charge is -2.36. The van der Waals surface area contributed by atoms with Gasteiger partial charge in [-0.05, 0) is 60.6 Å². The summed E-state index contributed by atoms with van der Waals surface area (Å²) in [6, 6.07) is 6.22. The van der Waals surface area contributed by atoms with Gasteiger partial charge in [-0.15, -0.1) is 11.8 Å². The Bertz CT molecular complexity index is 488. The molecule has 1 fully saturated rings. The van der Waals surface area contributed by atoms with Crippen molar-refractivity contribution in [3.63, 3.8) is 0 Å². The minimum atomic E-state index is -0.105. The van der Waals surface area contributed by atoms with Gasteiger partial charge in [-0.3, -0.25) is 0 Å². The Morgan fingerprint density at radius 1 is 1.24 bits per heavy atom. The molecule has 1 aliphatic carbocycles. The largest absolute Gasteiger partial charge is 0.307 e. The van der Waals surface area contributed by atoms with Gasteiger partial charge >= 0.3 is 0 Å². The van der Waals surface area contributed by atoms with Crippen LogP contribution in [-0.4, -0.2) is 11.8 Å². The molecule has 1 saturated carbocycles. The minimum Gasteiger partial charge on any atom is -0.307 e. The Labute approximate surface area is 132 Å². The van der Waals surface area contributed by atoms with Crippen LogP contribution in [0, 0.1) is 17.7 Å². The standard InChI is InChI=1S/C18H26FNS/c1-12(2)13-4-3-5-15(10-13)20-17-8-9-21-18-7-6-14(19)11-16(17)18/h6-7,11-13,15,17,20H,3-5,8-10H2,1-2H3. The van der Waals surface area contributed by atoms with Crippen LogP contribution in [0.3, 0.4) is 0 Å². The average Bonchev–Trinajstić information content (AvgIpc) is 2.48. The van der Waals surface area contributed by atoms with Crippen LogP contribution in [0.4, 0.5) is 4.39 Å². The molecular weight excluding hydrogens is 281 g/mol. The Balaban J connectivity index is 1.70. The molecule has 1 aliphatic heterocycles. The van der Waals surface area contributed by atoms with Gasteiger partial charge in [0.15, 0.2) is 0 Å². The maximum atomic E-state index is 13.6. The van der Waals surface area contributed by atoms with Crippen molar-refractivity contribution in [3.8, 4) is 0 Å². The van der Waals surface area contributed by atoms with E-state index in [0.717, 1.165) is 24.0 Å². The highest BCUT2D eigenvalue weighted by atomic mass is 32.2. The van der Waals surface area contributed by atoms with Gasteiger partial charge in [0.2, 0.25) is 0 Å². The summed E-state index contributed by atoms with van der Waals surface area (Å²) in [5.74, 6) is 2.66. The van der Waals surface area contributed by atoms with Crippen molar-refractivity contribution in [2.75, 3.05) is 5.75 Å². The summed E-state index contributed by atoms with van der Waals surface area (Å²) in [6.45, 7) is 4.68. The van der Waals surface area contributed by atoms with E-state index in [1.807, 2.05) is 17.8 Å². The number of benzene rings is 1. The minimum absolute atomic E-state index is 0.105. The summed E-state index contributed by atoms with van der Waals surface area (Å²) >= 11 is 1.86. The normalized spacial score (nSPS) is 29.4. The Kier molecular flexibility index (Phi) is 4.90. The van der Waals surface area contributed by atoms with Gasteiger partial charge in [0.1, 0.15) is 5.82 Å². The highest BCUT2D eigenvalue weighted by molar-refractivity contribution is 7.99. The van der Waals surface area contributed by atoms with E-state index in [-0.39, 0.29) is 5.82 Å². The number of hydrogen-bond acceptors (Lipinski definition) is 2. The summed E-state index contributed by atoms with van der Waals surface area (Å²) in [6.07, 6.45) is 6.38. The Hall–Kier alpha value is -0.540. The van der Waals surface area contributed by atoms with E-state index in [1.165, 1.54) is 36.1 Å². The molecule has 3 rings (SSSR count). The third-order valence-electron chi connectivity index (χ3n) is 5.11. The van der Waals surface area contributed by atoms with Crippen molar-refractivity contribution >= 4 is 11.8 Å². The fourth-order valence-corrected chi connectivity index (χ4v) is 4.91. The van der Waals surface area contributed by atoms with E-state index < -0.39 is 0 Å². The van der Waals surface area contributed by atoms with Crippen LogP contribution < -0.4 is 5.32 Å². The number of thioether (sulfide) groups is 1. The smallest absolute Gasteiger partial charge is 0.123 e. The number of halogens is 1. The third-order valence-corrected chi connectivity index (χ3v) is 6.23. The van der Waals surface area contributed by atoms with Crippen LogP contribution in [0.15, 0.2) is 23.1 Å². The fraction of sp³-hybridized carbons (Fsp3) is 0.667. The quantitative estimate of drug-likeness (QED) is 0.827. The summed E-state index contributed by atoms with van der Waals surface area (Å²) in [7, 11) is 0. The van der Waals surface area contributed by atoms with Crippen molar-refractivity contribution in [1.29, 1.82) is 0 Å². The molecule has 3 unspecified atom stereocenters. The molecule has 0 spiro atoms. The summed E-state index contributed by atoms with van der Waals surface area (Å²) in [4.78, 5) is 1.26. The van der Waals surface area contributed by atoms with Gasteiger partial charge in [-0.2, -0.15) is 0 Å². The van der Waals surface area contributed by atoms with Crippen LogP contribution in [0.2, 0.25) is 0 Å². The fourth-order valence-electron chi connectivity index (χ4n) is 3.81. The second kappa shape index (κ2) is 6.70. The van der Waals surface area contributed by atoms with Gasteiger partial charge in [-0.25, -0.2) is 4.39 Å². The molecule has 3 atom stereocenters. The molecule has 1 nitrogen and oxygen atoms in total. The van der Waals surface area contributed by atoms with E-state index >= 15 is 0 Å². The predicted molar refractivity (Wildman–Crippen MR) is 88.2 cm³/mol. The van der Waals surface area contributed by atoms with Crippen molar-refractivity contribution in [2.24, 2.45) is 11.8 Å². The Morgan fingerprint density at radius 2 is 2.10 bits per heavy atom. The molecule has 21 heavy (non-hydrogen) atoms. The van der Waals surface area contributed by atoms with E-state index in [0.29, 0.717) is 12.1 Å². The maximum Gasteiger partial charge on any atom is 0.123 e. The van der Waals surface area contributed by atoms with Gasteiger partial charge in [-0.1, -0.05) is 26.7 Å². The van der Waals surface area contributed by atoms with Crippen LogP contribution >= 0.6 is 11.8 Å². The van der Waals surface area contributed by atoms with Gasteiger partial charge < -0.3 is 5.32 Å². The second-order valence-electron chi connectivity index (χ2n) is 6.91. The Morgan fingerprint density at radius 3 is 2.90 bits per heavy atom. The lowest BCUT2D eigenvalue weighted by molar-refractivity contribution is 0.218. The van der Waals surface area contributed by atoms with E-state index in [2.05, 4.69) is 19.2 Å². The monoisotopic (exact) mass is 307 g/mol. The van der Waals surface area contributed by atoms with Gasteiger partial charge in [0.05, 0.1) is 0 Å². The van der Waals surface area contributed by atoms with E-state index in [4.69, 9.17) is 0 Å². The zero-order valence-electron chi connectivity index (χ0n) is 13.1. The first-order valence-electron chi connectivity index (χ1n) is 8.32. The van der Waals surface area contributed by atoms with Crippen LogP contribution in [0.1, 0.15) is 57.6 Å². The molecule has 0 bridgehead atoms. The first-order chi connectivity index (χ1) is 10.1. The first-order valence-corrected chi connectivity index (χ1v) is 9.30. The molecule has 0 radical (unpaired) electrons. The average molecular weight is 307 g/mol. The third kappa shape index (κ3) is 3.62. The predicted octanol–water partition coefficient (Wildman–Crippen LogP) is 5.17. The molecular formula is C18H26FNS. The molecule has 0 amide bonds. The zero-order chi connectivity index (χ0) is 14.8. The van der Waals surface area contributed by atoms with Crippen molar-refractivity contribution in [2.45, 2.75) is 62.9 Å². The van der Waals surface area contributed by atoms with E-state index in [9.17, 15) is 4.39 Å². The van der Waals surface area contributed by atoms with Crippen molar-refractivity contribution < 1.29 is 4.39 Å². The molecule has 116 valence electrons. The second-order valence-corrected chi connectivity index (χ2v) is 8.04. The van der Waals surface area contributed by atoms with Gasteiger partial charge in [0.25, 0.3) is 0 Å². The van der Waals surface area contributed by atoms with Crippen LogP contribution in [0.25, 0.3) is 0 Å². The summed E-state index contributed by atoms with van der Waals surface area (Å²) in [5.41, 5.74) is 1.18. The molecule has 0 aromatic heterocycles. The summed E-state index contributed by atoms with van der Waals surface area (Å²) < 4.78 is 13.6. The lowest BCUT2D eigenvalue weighted by atomic mass is 9.79. The number of hydrogen-bond donors (Lipinski definition) is 1. The SMILES string of the molecule is CC(C)C1CCCC(NC2CCSc3ccc(F)cc32)C1. The van der Waals surface area contributed by atoms with Crippen LogP contribution in [0.5, 0.6) is 0 Å². The molecule has 1 aromatic rings. The lowest BCUT2D eigenvalue weighted by Crippen LogP contribution is -2.38. The molecule has 2 aliphatic rings. The highest BCUT2D eigenvalue weighted by Gasteiger charge is 2.28. The highest BCUT2D eigenvalue weighted by Crippen LogP contribution is 2.38. The molecule has 3 heteroatoms. The first kappa shape index (κ1) is 15.4. The van der Waals surface area contributed by atoms with E-state index in [1.54, 1.807) is 12.1 Å². The van der Waals surface area contributed by atoms with Crippen molar-refractivity contribution in [1.82, 2.24) is 5.32 Å². The molecule has 1 N–H and O–H groups in total. The zero-order valence-corrected chi connectivity index (χ0v) is 13.9. The number of fused-ring (bicyclic) bond motifs is 1. The van der Waals surface area contributed by atoms with Crippen LogP contribution in [-0.2, 0) is 0 Å². The molecule has 1 heterocycles.